The first kappa shape index (κ1) is 19.4. The van der Waals surface area contributed by atoms with E-state index in [0.29, 0.717) is 17.8 Å². The van der Waals surface area contributed by atoms with E-state index in [2.05, 4.69) is 27.4 Å². The van der Waals surface area contributed by atoms with Crippen LogP contribution in [0.15, 0.2) is 12.2 Å². The van der Waals surface area contributed by atoms with Crippen molar-refractivity contribution >= 4 is 47.1 Å². The summed E-state index contributed by atoms with van der Waals surface area (Å²) in [5, 5.41) is 0.547. The van der Waals surface area contributed by atoms with Crippen LogP contribution in [-0.4, -0.2) is 48.3 Å². The van der Waals surface area contributed by atoms with Gasteiger partial charge in [-0.15, -0.1) is 0 Å². The van der Waals surface area contributed by atoms with Crippen LogP contribution in [0.1, 0.15) is 46.5 Å². The summed E-state index contributed by atoms with van der Waals surface area (Å²) in [5.41, 5.74) is 0.895. The molecule has 1 aliphatic carbocycles. The summed E-state index contributed by atoms with van der Waals surface area (Å²) in [4.78, 5) is 0. The first-order valence-electron chi connectivity index (χ1n) is 9.08. The SMILES string of the molecule is [B][C@@H]1O[C@@]2(CC)CO[C@@H]1[C@@H]2O[P@@]1(=S)S[C@H]2C[C@H](C(=C)C)CC[C@]2(C)S1. The Morgan fingerprint density at radius 3 is 2.92 bits per heavy atom. The number of fused-ring (bicyclic) bond motifs is 3. The fourth-order valence-electron chi connectivity index (χ4n) is 4.53. The molecular weight excluding hydrogens is 390 g/mol. The normalized spacial score (nSPS) is 54.6. The summed E-state index contributed by atoms with van der Waals surface area (Å²) in [6, 6.07) is -0.399. The molecule has 2 bridgehead atoms. The van der Waals surface area contributed by atoms with E-state index in [1.807, 2.05) is 22.8 Å². The number of rotatable bonds is 4. The maximum absolute atomic E-state index is 6.66. The van der Waals surface area contributed by atoms with Gasteiger partial charge in [-0.05, 0) is 57.3 Å². The minimum atomic E-state index is -2.04. The molecule has 3 heterocycles. The van der Waals surface area contributed by atoms with E-state index in [4.69, 9.17) is 33.7 Å². The summed E-state index contributed by atoms with van der Waals surface area (Å²) >= 11 is 9.95. The zero-order valence-corrected chi connectivity index (χ0v) is 18.4. The molecule has 0 aromatic heterocycles. The summed E-state index contributed by atoms with van der Waals surface area (Å²) in [6.07, 6.45) is 4.11. The molecule has 4 aliphatic rings. The lowest BCUT2D eigenvalue weighted by molar-refractivity contribution is -0.117. The average Bonchev–Trinajstić information content (AvgIpc) is 3.10. The molecule has 0 amide bonds. The first-order valence-corrected chi connectivity index (χ1v) is 14.7. The minimum Gasteiger partial charge on any atom is -0.374 e. The van der Waals surface area contributed by atoms with Gasteiger partial charge in [0.25, 0.3) is 0 Å². The molecule has 4 fully saturated rings. The highest BCUT2D eigenvalue weighted by atomic mass is 33.2. The smallest absolute Gasteiger partial charge is 0.175 e. The van der Waals surface area contributed by atoms with E-state index in [0.717, 1.165) is 6.42 Å². The van der Waals surface area contributed by atoms with Gasteiger partial charge in [0, 0.05) is 16.0 Å². The molecule has 8 heteroatoms. The van der Waals surface area contributed by atoms with Crippen LogP contribution in [0.3, 0.4) is 0 Å². The molecule has 8 atom stereocenters. The lowest BCUT2D eigenvalue weighted by atomic mass is 9.79. The maximum atomic E-state index is 6.66. The average molecular weight is 416 g/mol. The fourth-order valence-corrected chi connectivity index (χ4v) is 18.5. The molecule has 138 valence electrons. The molecule has 3 nitrogen and oxygen atoms in total. The third kappa shape index (κ3) is 3.14. The van der Waals surface area contributed by atoms with Crippen LogP contribution in [0, 0.1) is 5.92 Å². The summed E-state index contributed by atoms with van der Waals surface area (Å²) in [6.45, 7) is 11.4. The third-order valence-corrected chi connectivity index (χ3v) is 16.4. The Bertz CT molecular complexity index is 634. The number of allylic oxidation sites excluding steroid dienone is 1. The zero-order chi connectivity index (χ0) is 18.0. The van der Waals surface area contributed by atoms with Gasteiger partial charge in [-0.3, -0.25) is 0 Å². The van der Waals surface area contributed by atoms with E-state index in [1.165, 1.54) is 24.8 Å². The molecule has 4 rings (SSSR count). The van der Waals surface area contributed by atoms with Crippen LogP contribution in [0.4, 0.5) is 0 Å². The number of hydrogen-bond donors (Lipinski definition) is 0. The molecular formula is C17H26BO3PS3. The van der Waals surface area contributed by atoms with Crippen LogP contribution < -0.4 is 0 Å². The Kier molecular flexibility index (Phi) is 5.06. The van der Waals surface area contributed by atoms with Gasteiger partial charge < -0.3 is 14.0 Å². The Hall–Kier alpha value is 1.03. The van der Waals surface area contributed by atoms with Gasteiger partial charge in [-0.25, -0.2) is 0 Å². The summed E-state index contributed by atoms with van der Waals surface area (Å²) in [7, 11) is 6.11. The highest BCUT2D eigenvalue weighted by molar-refractivity contribution is 9.01. The molecule has 2 radical (unpaired) electrons. The van der Waals surface area contributed by atoms with Gasteiger partial charge in [0.1, 0.15) is 25.7 Å². The molecule has 0 spiro atoms. The van der Waals surface area contributed by atoms with Crippen molar-refractivity contribution in [2.24, 2.45) is 5.92 Å². The van der Waals surface area contributed by atoms with Gasteiger partial charge in [0.15, 0.2) is 4.67 Å². The van der Waals surface area contributed by atoms with Crippen LogP contribution in [0.5, 0.6) is 0 Å². The van der Waals surface area contributed by atoms with Crippen molar-refractivity contribution in [3.05, 3.63) is 12.2 Å². The van der Waals surface area contributed by atoms with Gasteiger partial charge in [-0.1, -0.05) is 41.8 Å². The second-order valence-corrected chi connectivity index (χ2v) is 19.0. The highest BCUT2D eigenvalue weighted by Gasteiger charge is 2.62. The van der Waals surface area contributed by atoms with E-state index >= 15 is 0 Å². The molecule has 0 aromatic rings. The van der Waals surface area contributed by atoms with Crippen LogP contribution in [-0.2, 0) is 25.8 Å². The first-order chi connectivity index (χ1) is 11.7. The van der Waals surface area contributed by atoms with Crippen LogP contribution in [0.2, 0.25) is 0 Å². The van der Waals surface area contributed by atoms with Crippen molar-refractivity contribution < 1.29 is 14.0 Å². The van der Waals surface area contributed by atoms with Crippen molar-refractivity contribution in [1.82, 2.24) is 0 Å². The Labute approximate surface area is 165 Å². The largest absolute Gasteiger partial charge is 0.374 e. The number of hydrogen-bond acceptors (Lipinski definition) is 6. The Balaban J connectivity index is 1.52. The number of ether oxygens (including phenoxy) is 2. The van der Waals surface area contributed by atoms with Crippen LogP contribution >= 0.6 is 27.4 Å². The van der Waals surface area contributed by atoms with Gasteiger partial charge in [0.05, 0.1) is 6.61 Å². The summed E-state index contributed by atoms with van der Waals surface area (Å²) < 4.78 is 16.7. The molecule has 3 saturated heterocycles. The second-order valence-electron chi connectivity index (χ2n) is 8.07. The predicted molar refractivity (Wildman–Crippen MR) is 112 cm³/mol. The minimum absolute atomic E-state index is 0.126. The lowest BCUT2D eigenvalue weighted by Gasteiger charge is -2.38. The molecule has 3 aliphatic heterocycles. The predicted octanol–water partition coefficient (Wildman–Crippen LogP) is 4.65. The van der Waals surface area contributed by atoms with Crippen LogP contribution in [0.25, 0.3) is 0 Å². The van der Waals surface area contributed by atoms with Crippen molar-refractivity contribution in [2.75, 3.05) is 6.61 Å². The monoisotopic (exact) mass is 416 g/mol. The van der Waals surface area contributed by atoms with E-state index in [-0.39, 0.29) is 17.0 Å². The lowest BCUT2D eigenvalue weighted by Crippen LogP contribution is -2.40. The fraction of sp³-hybridized carbons (Fsp3) is 0.882. The highest BCUT2D eigenvalue weighted by Crippen LogP contribution is 2.85. The van der Waals surface area contributed by atoms with Gasteiger partial charge in [-0.2, -0.15) is 0 Å². The topological polar surface area (TPSA) is 27.7 Å². The van der Waals surface area contributed by atoms with E-state index in [1.54, 1.807) is 0 Å². The van der Waals surface area contributed by atoms with Crippen molar-refractivity contribution in [2.45, 2.75) is 80.3 Å². The molecule has 1 saturated carbocycles. The third-order valence-electron chi connectivity index (χ3n) is 6.32. The molecule has 0 unspecified atom stereocenters. The molecule has 25 heavy (non-hydrogen) atoms. The zero-order valence-electron chi connectivity index (χ0n) is 15.1. The standard InChI is InChI=1S/C17H26BO3PS3/c1-5-17-9-19-13(15(18)20-17)14(17)21-22(23)24-12-8-11(10(2)3)6-7-16(12,4)25-22/h11-15H,2,5-9H2,1,3-4H3/t11-,12+,13-,14+,15-,16+,17+,22-/m1/s1. The molecule has 0 aromatic carbocycles. The quantitative estimate of drug-likeness (QED) is 0.376. The van der Waals surface area contributed by atoms with Crippen molar-refractivity contribution in [1.29, 1.82) is 0 Å². The van der Waals surface area contributed by atoms with E-state index in [9.17, 15) is 0 Å². The second kappa shape index (κ2) is 6.54. The van der Waals surface area contributed by atoms with E-state index < -0.39 is 16.3 Å². The Morgan fingerprint density at radius 1 is 1.52 bits per heavy atom. The van der Waals surface area contributed by atoms with Crippen molar-refractivity contribution in [3.8, 4) is 0 Å². The Morgan fingerprint density at radius 2 is 2.28 bits per heavy atom. The van der Waals surface area contributed by atoms with Crippen molar-refractivity contribution in [3.63, 3.8) is 0 Å². The van der Waals surface area contributed by atoms with Gasteiger partial charge >= 0.3 is 0 Å². The maximum Gasteiger partial charge on any atom is 0.175 e. The summed E-state index contributed by atoms with van der Waals surface area (Å²) in [5.74, 6) is 0.623. The van der Waals surface area contributed by atoms with Gasteiger partial charge in [0.2, 0.25) is 0 Å². The molecule has 0 N–H and O–H groups in total.